The van der Waals surface area contributed by atoms with Gasteiger partial charge >= 0.3 is 0 Å². The van der Waals surface area contributed by atoms with E-state index in [4.69, 9.17) is 11.6 Å². The Kier molecular flexibility index (Phi) is 8.58. The fraction of sp³-hybridized carbons (Fsp3) is 0.500. The van der Waals surface area contributed by atoms with Gasteiger partial charge in [-0.2, -0.15) is 0 Å². The lowest BCUT2D eigenvalue weighted by atomic mass is 9.86. The lowest BCUT2D eigenvalue weighted by Crippen LogP contribution is -2.49. The number of nitrogens with zero attached hydrogens (tertiary/aromatic N) is 1. The second kappa shape index (κ2) is 11.2. The SMILES string of the molecule is C[C@H](C(=O)NC1CCCC1)N(Cc1cccc(Cl)c1)C(=O)CCc1ccc(C(C)(C)C)cc1. The van der Waals surface area contributed by atoms with Gasteiger partial charge in [0.2, 0.25) is 11.8 Å². The first-order valence-corrected chi connectivity index (χ1v) is 12.4. The Morgan fingerprint density at radius 1 is 1.06 bits per heavy atom. The first-order valence-electron chi connectivity index (χ1n) is 12.1. The molecule has 178 valence electrons. The maximum absolute atomic E-state index is 13.3. The van der Waals surface area contributed by atoms with Crippen molar-refractivity contribution >= 4 is 23.4 Å². The number of aryl methyl sites for hydroxylation is 1. The molecule has 3 rings (SSSR count). The third-order valence-corrected chi connectivity index (χ3v) is 6.79. The van der Waals surface area contributed by atoms with Gasteiger partial charge in [0.15, 0.2) is 0 Å². The number of rotatable bonds is 8. The van der Waals surface area contributed by atoms with Crippen molar-refractivity contribution in [3.63, 3.8) is 0 Å². The number of benzene rings is 2. The van der Waals surface area contributed by atoms with Gasteiger partial charge in [0, 0.05) is 24.0 Å². The van der Waals surface area contributed by atoms with Gasteiger partial charge in [-0.1, -0.05) is 81.6 Å². The predicted molar refractivity (Wildman–Crippen MR) is 135 cm³/mol. The summed E-state index contributed by atoms with van der Waals surface area (Å²) in [5.41, 5.74) is 3.43. The molecular weight excluding hydrogens is 432 g/mol. The zero-order valence-corrected chi connectivity index (χ0v) is 21.1. The lowest BCUT2D eigenvalue weighted by molar-refractivity contribution is -0.140. The Morgan fingerprint density at radius 3 is 2.33 bits per heavy atom. The topological polar surface area (TPSA) is 49.4 Å². The highest BCUT2D eigenvalue weighted by Crippen LogP contribution is 2.23. The summed E-state index contributed by atoms with van der Waals surface area (Å²) < 4.78 is 0. The van der Waals surface area contributed by atoms with Crippen molar-refractivity contribution in [3.05, 3.63) is 70.2 Å². The van der Waals surface area contributed by atoms with Crippen molar-refractivity contribution in [1.29, 1.82) is 0 Å². The molecule has 1 N–H and O–H groups in total. The Labute approximate surface area is 203 Å². The van der Waals surface area contributed by atoms with Crippen LogP contribution in [0.15, 0.2) is 48.5 Å². The van der Waals surface area contributed by atoms with E-state index in [1.807, 2.05) is 31.2 Å². The van der Waals surface area contributed by atoms with Crippen LogP contribution in [0.1, 0.15) is 76.5 Å². The highest BCUT2D eigenvalue weighted by atomic mass is 35.5. The van der Waals surface area contributed by atoms with Crippen molar-refractivity contribution in [2.24, 2.45) is 0 Å². The number of amides is 2. The highest BCUT2D eigenvalue weighted by molar-refractivity contribution is 6.30. The molecule has 2 amide bonds. The molecule has 0 aromatic heterocycles. The number of carbonyl (C=O) groups excluding carboxylic acids is 2. The van der Waals surface area contributed by atoms with Gasteiger partial charge in [0.25, 0.3) is 0 Å². The molecule has 5 heteroatoms. The summed E-state index contributed by atoms with van der Waals surface area (Å²) in [4.78, 5) is 28.0. The Hall–Kier alpha value is -2.33. The van der Waals surface area contributed by atoms with Crippen LogP contribution in [0.3, 0.4) is 0 Å². The van der Waals surface area contributed by atoms with Crippen molar-refractivity contribution in [3.8, 4) is 0 Å². The second-order valence-electron chi connectivity index (χ2n) is 10.3. The van der Waals surface area contributed by atoms with Gasteiger partial charge in [-0.25, -0.2) is 0 Å². The van der Waals surface area contributed by atoms with Crippen LogP contribution in [0.2, 0.25) is 5.02 Å². The van der Waals surface area contributed by atoms with E-state index in [9.17, 15) is 9.59 Å². The Bertz CT molecular complexity index is 943. The fourth-order valence-electron chi connectivity index (χ4n) is 4.37. The molecule has 0 radical (unpaired) electrons. The molecule has 4 nitrogen and oxygen atoms in total. The highest BCUT2D eigenvalue weighted by Gasteiger charge is 2.28. The van der Waals surface area contributed by atoms with Crippen LogP contribution < -0.4 is 5.32 Å². The van der Waals surface area contributed by atoms with E-state index in [1.54, 1.807) is 4.90 Å². The Balaban J connectivity index is 1.70. The quantitative estimate of drug-likeness (QED) is 0.513. The van der Waals surface area contributed by atoms with Crippen molar-refractivity contribution in [1.82, 2.24) is 10.2 Å². The standard InChI is InChI=1S/C28H37ClN2O2/c1-20(27(33)30-25-10-5-6-11-25)31(19-22-8-7-9-24(29)18-22)26(32)17-14-21-12-15-23(16-13-21)28(2,3)4/h7-9,12-13,15-16,18,20,25H,5-6,10-11,14,17,19H2,1-4H3,(H,30,33)/t20-/m1/s1. The minimum Gasteiger partial charge on any atom is -0.352 e. The van der Waals surface area contributed by atoms with Crippen LogP contribution in [-0.2, 0) is 28.0 Å². The van der Waals surface area contributed by atoms with Gasteiger partial charge in [0.05, 0.1) is 0 Å². The van der Waals surface area contributed by atoms with Gasteiger partial charge in [0.1, 0.15) is 6.04 Å². The lowest BCUT2D eigenvalue weighted by Gasteiger charge is -2.30. The number of carbonyl (C=O) groups is 2. The molecule has 1 fully saturated rings. The molecule has 0 spiro atoms. The maximum atomic E-state index is 13.3. The molecule has 1 aliphatic rings. The van der Waals surface area contributed by atoms with E-state index < -0.39 is 6.04 Å². The number of hydrogen-bond donors (Lipinski definition) is 1. The molecule has 2 aromatic carbocycles. The smallest absolute Gasteiger partial charge is 0.242 e. The zero-order chi connectivity index (χ0) is 24.0. The molecule has 0 bridgehead atoms. The summed E-state index contributed by atoms with van der Waals surface area (Å²) in [5, 5.41) is 3.77. The monoisotopic (exact) mass is 468 g/mol. The molecule has 2 aromatic rings. The van der Waals surface area contributed by atoms with Crippen LogP contribution >= 0.6 is 11.6 Å². The number of halogens is 1. The van der Waals surface area contributed by atoms with Crippen LogP contribution in [0.4, 0.5) is 0 Å². The molecule has 0 unspecified atom stereocenters. The normalized spacial score (nSPS) is 15.3. The van der Waals surface area contributed by atoms with Gasteiger partial charge in [-0.3, -0.25) is 9.59 Å². The zero-order valence-electron chi connectivity index (χ0n) is 20.4. The van der Waals surface area contributed by atoms with Crippen molar-refractivity contribution < 1.29 is 9.59 Å². The molecule has 1 atom stereocenters. The van der Waals surface area contributed by atoms with Gasteiger partial charge in [-0.05, 0) is 60.4 Å². The summed E-state index contributed by atoms with van der Waals surface area (Å²) in [7, 11) is 0. The van der Waals surface area contributed by atoms with E-state index >= 15 is 0 Å². The van der Waals surface area contributed by atoms with Crippen molar-refractivity contribution in [2.45, 2.75) is 90.3 Å². The van der Waals surface area contributed by atoms with Crippen LogP contribution in [-0.4, -0.2) is 28.8 Å². The fourth-order valence-corrected chi connectivity index (χ4v) is 4.59. The average molecular weight is 469 g/mol. The number of hydrogen-bond acceptors (Lipinski definition) is 2. The summed E-state index contributed by atoms with van der Waals surface area (Å²) >= 11 is 6.17. The minimum absolute atomic E-state index is 0.0241. The molecule has 1 saturated carbocycles. The first-order chi connectivity index (χ1) is 15.6. The minimum atomic E-state index is -0.541. The molecular formula is C28H37ClN2O2. The molecule has 0 saturated heterocycles. The third kappa shape index (κ3) is 7.33. The summed E-state index contributed by atoms with van der Waals surface area (Å²) in [6, 6.07) is 15.7. The van der Waals surface area contributed by atoms with E-state index in [2.05, 4.69) is 50.4 Å². The van der Waals surface area contributed by atoms with Crippen LogP contribution in [0.25, 0.3) is 0 Å². The summed E-state index contributed by atoms with van der Waals surface area (Å²) in [6.45, 7) is 8.76. The summed E-state index contributed by atoms with van der Waals surface area (Å²) in [5.74, 6) is -0.101. The Morgan fingerprint density at radius 2 is 1.73 bits per heavy atom. The van der Waals surface area contributed by atoms with E-state index in [0.29, 0.717) is 24.4 Å². The third-order valence-electron chi connectivity index (χ3n) is 6.56. The van der Waals surface area contributed by atoms with E-state index in [0.717, 1.165) is 36.8 Å². The number of nitrogens with one attached hydrogen (secondary N) is 1. The molecule has 0 aliphatic heterocycles. The molecule has 33 heavy (non-hydrogen) atoms. The van der Waals surface area contributed by atoms with Crippen LogP contribution in [0.5, 0.6) is 0 Å². The second-order valence-corrected chi connectivity index (χ2v) is 10.7. The van der Waals surface area contributed by atoms with E-state index in [1.165, 1.54) is 5.56 Å². The first kappa shape index (κ1) is 25.3. The largest absolute Gasteiger partial charge is 0.352 e. The van der Waals surface area contributed by atoms with Gasteiger partial charge < -0.3 is 10.2 Å². The predicted octanol–water partition coefficient (Wildman–Crippen LogP) is 6.05. The molecule has 1 aliphatic carbocycles. The molecule has 0 heterocycles. The maximum Gasteiger partial charge on any atom is 0.242 e. The van der Waals surface area contributed by atoms with Gasteiger partial charge in [-0.15, -0.1) is 0 Å². The van der Waals surface area contributed by atoms with Crippen molar-refractivity contribution in [2.75, 3.05) is 0 Å². The average Bonchev–Trinajstić information content (AvgIpc) is 3.28. The van der Waals surface area contributed by atoms with E-state index in [-0.39, 0.29) is 23.3 Å². The summed E-state index contributed by atoms with van der Waals surface area (Å²) in [6.07, 6.45) is 5.34. The van der Waals surface area contributed by atoms with Crippen LogP contribution in [0, 0.1) is 0 Å².